The molecule has 5 rings (SSSR count). The van der Waals surface area contributed by atoms with E-state index >= 15 is 0 Å². The molecule has 2 N–H and O–H groups in total. The number of aromatic nitrogens is 5. The summed E-state index contributed by atoms with van der Waals surface area (Å²) in [7, 11) is 1.35. The number of hydrogen-bond donors (Lipinski definition) is 2. The first-order valence-electron chi connectivity index (χ1n) is 13.6. The van der Waals surface area contributed by atoms with Gasteiger partial charge < -0.3 is 15.4 Å². The Labute approximate surface area is 246 Å². The zero-order valence-corrected chi connectivity index (χ0v) is 24.3. The van der Waals surface area contributed by atoms with Crippen LogP contribution in [0.5, 0.6) is 5.88 Å². The molecule has 3 aromatic heterocycles. The Morgan fingerprint density at radius 3 is 2.44 bits per heavy atom. The lowest BCUT2D eigenvalue weighted by atomic mass is 9.96. The summed E-state index contributed by atoms with van der Waals surface area (Å²) in [6.07, 6.45) is -0.824. The van der Waals surface area contributed by atoms with E-state index < -0.39 is 24.0 Å². The SMILES string of the molecule is COc1c(C(Nc2cc(C#N)c3ncc(C#N)c(NCC(C)(C)C)c3c2)c2ccc(F)nc2C)nnn1C1(C(F)F)CC1. The summed E-state index contributed by atoms with van der Waals surface area (Å²) in [5, 5.41) is 35.4. The number of rotatable bonds is 9. The first-order chi connectivity index (χ1) is 20.4. The highest BCUT2D eigenvalue weighted by Crippen LogP contribution is 2.51. The second-order valence-electron chi connectivity index (χ2n) is 11.8. The number of pyridine rings is 2. The van der Waals surface area contributed by atoms with Crippen LogP contribution in [0, 0.1) is 40.9 Å². The zero-order valence-electron chi connectivity index (χ0n) is 24.3. The normalized spacial score (nSPS) is 14.7. The standard InChI is InChI=1S/C30H30F3N9O/c1-16-20(6-7-22(31)38-16)25(26-27(43-5)42(41-40-26)30(8-9-30)28(32)33)39-19-10-17(12-34)23-21(11-19)24(18(13-35)14-36-23)37-15-29(2,3)4/h6-7,10-11,14,25,28,39H,8-9,15H2,1-5H3,(H,36,37). The van der Waals surface area contributed by atoms with Crippen LogP contribution < -0.4 is 15.4 Å². The van der Waals surface area contributed by atoms with E-state index in [0.29, 0.717) is 45.6 Å². The quantitative estimate of drug-likeness (QED) is 0.231. The van der Waals surface area contributed by atoms with E-state index in [-0.39, 0.29) is 35.4 Å². The number of methoxy groups -OCH3 is 1. The summed E-state index contributed by atoms with van der Waals surface area (Å²) in [6.45, 7) is 8.30. The Morgan fingerprint density at radius 2 is 1.86 bits per heavy atom. The van der Waals surface area contributed by atoms with Crippen molar-refractivity contribution < 1.29 is 17.9 Å². The molecule has 1 aliphatic rings. The molecule has 3 heterocycles. The summed E-state index contributed by atoms with van der Waals surface area (Å²) in [5.74, 6) is -0.659. The number of anilines is 2. The van der Waals surface area contributed by atoms with E-state index in [2.05, 4.69) is 43.1 Å². The van der Waals surface area contributed by atoms with Crippen molar-refractivity contribution in [1.82, 2.24) is 25.0 Å². The molecule has 0 bridgehead atoms. The molecule has 1 aromatic carbocycles. The lowest BCUT2D eigenvalue weighted by Gasteiger charge is -2.23. The molecule has 222 valence electrons. The third kappa shape index (κ3) is 5.50. The third-order valence-corrected chi connectivity index (χ3v) is 7.43. The molecule has 1 saturated carbocycles. The van der Waals surface area contributed by atoms with Gasteiger partial charge in [0.05, 0.1) is 29.4 Å². The first-order valence-corrected chi connectivity index (χ1v) is 13.6. The van der Waals surface area contributed by atoms with Crippen molar-refractivity contribution >= 4 is 22.3 Å². The molecule has 1 aliphatic carbocycles. The van der Waals surface area contributed by atoms with Crippen molar-refractivity contribution in [3.8, 4) is 18.0 Å². The number of fused-ring (bicyclic) bond motifs is 1. The average Bonchev–Trinajstić information content (AvgIpc) is 3.66. The van der Waals surface area contributed by atoms with E-state index in [4.69, 9.17) is 4.74 Å². The fourth-order valence-corrected chi connectivity index (χ4v) is 5.01. The Bertz CT molecular complexity index is 1780. The van der Waals surface area contributed by atoms with Crippen LogP contribution in [0.2, 0.25) is 0 Å². The topological polar surface area (TPSA) is 137 Å². The minimum atomic E-state index is -2.68. The predicted molar refractivity (Wildman–Crippen MR) is 153 cm³/mol. The summed E-state index contributed by atoms with van der Waals surface area (Å²) < 4.78 is 48.9. The molecule has 0 radical (unpaired) electrons. The van der Waals surface area contributed by atoms with Crippen LogP contribution in [0.15, 0.2) is 30.5 Å². The van der Waals surface area contributed by atoms with Gasteiger partial charge in [-0.25, -0.2) is 18.4 Å². The number of ether oxygens (including phenoxy) is 1. The van der Waals surface area contributed by atoms with Gasteiger partial charge in [0, 0.05) is 35.1 Å². The van der Waals surface area contributed by atoms with Crippen molar-refractivity contribution in [2.24, 2.45) is 5.41 Å². The third-order valence-electron chi connectivity index (χ3n) is 7.43. The number of halogens is 3. The van der Waals surface area contributed by atoms with Crippen LogP contribution in [-0.4, -0.2) is 45.0 Å². The van der Waals surface area contributed by atoms with Crippen molar-refractivity contribution in [2.75, 3.05) is 24.3 Å². The van der Waals surface area contributed by atoms with Gasteiger partial charge in [0.2, 0.25) is 11.8 Å². The fourth-order valence-electron chi connectivity index (χ4n) is 5.01. The Hall–Kier alpha value is -4.91. The number of nitriles is 2. The lowest BCUT2D eigenvalue weighted by molar-refractivity contribution is 0.0545. The smallest absolute Gasteiger partial charge is 0.263 e. The van der Waals surface area contributed by atoms with Gasteiger partial charge in [-0.05, 0) is 43.4 Å². The van der Waals surface area contributed by atoms with Gasteiger partial charge in [-0.1, -0.05) is 32.1 Å². The minimum absolute atomic E-state index is 0.0290. The van der Waals surface area contributed by atoms with E-state index in [9.17, 15) is 23.7 Å². The molecular formula is C30H30F3N9O. The Kier molecular flexibility index (Phi) is 7.61. The van der Waals surface area contributed by atoms with Gasteiger partial charge in [0.1, 0.15) is 23.7 Å². The molecular weight excluding hydrogens is 559 g/mol. The number of nitrogens with one attached hydrogen (secondary N) is 2. The second-order valence-corrected chi connectivity index (χ2v) is 11.8. The lowest BCUT2D eigenvalue weighted by Crippen LogP contribution is -2.27. The molecule has 0 aliphatic heterocycles. The highest BCUT2D eigenvalue weighted by molar-refractivity contribution is 5.99. The van der Waals surface area contributed by atoms with Gasteiger partial charge in [-0.2, -0.15) is 14.9 Å². The molecule has 13 heteroatoms. The molecule has 10 nitrogen and oxygen atoms in total. The number of alkyl halides is 2. The molecule has 0 saturated heterocycles. The predicted octanol–water partition coefficient (Wildman–Crippen LogP) is 5.83. The Morgan fingerprint density at radius 1 is 1.14 bits per heavy atom. The van der Waals surface area contributed by atoms with E-state index in [1.54, 1.807) is 19.1 Å². The van der Waals surface area contributed by atoms with Crippen molar-refractivity contribution in [3.05, 3.63) is 64.5 Å². The number of benzene rings is 1. The number of nitrogens with zero attached hydrogens (tertiary/aromatic N) is 7. The highest BCUT2D eigenvalue weighted by atomic mass is 19.3. The summed E-state index contributed by atoms with van der Waals surface area (Å²) in [4.78, 5) is 8.34. The summed E-state index contributed by atoms with van der Waals surface area (Å²) in [5.41, 5.74) is 1.26. The monoisotopic (exact) mass is 589 g/mol. The van der Waals surface area contributed by atoms with Crippen LogP contribution >= 0.6 is 0 Å². The molecule has 0 amide bonds. The first kappa shape index (κ1) is 29.6. The van der Waals surface area contributed by atoms with Crippen molar-refractivity contribution in [3.63, 3.8) is 0 Å². The maximum absolute atomic E-state index is 14.1. The fraction of sp³-hybridized carbons (Fsp3) is 0.400. The second kappa shape index (κ2) is 11.1. The molecule has 1 fully saturated rings. The van der Waals surface area contributed by atoms with Crippen LogP contribution in [0.1, 0.15) is 67.7 Å². The molecule has 0 spiro atoms. The summed E-state index contributed by atoms with van der Waals surface area (Å²) >= 11 is 0. The van der Waals surface area contributed by atoms with Crippen LogP contribution in [0.4, 0.5) is 24.5 Å². The van der Waals surface area contributed by atoms with Gasteiger partial charge in [0.25, 0.3) is 6.43 Å². The van der Waals surface area contributed by atoms with Crippen LogP contribution in [-0.2, 0) is 5.54 Å². The van der Waals surface area contributed by atoms with E-state index in [1.807, 2.05) is 20.8 Å². The molecule has 4 aromatic rings. The van der Waals surface area contributed by atoms with E-state index in [0.717, 1.165) is 4.68 Å². The van der Waals surface area contributed by atoms with Gasteiger partial charge in [-0.15, -0.1) is 5.10 Å². The molecule has 1 unspecified atom stereocenters. The maximum atomic E-state index is 14.1. The molecule has 43 heavy (non-hydrogen) atoms. The number of hydrogen-bond acceptors (Lipinski definition) is 9. The van der Waals surface area contributed by atoms with Gasteiger partial charge >= 0.3 is 0 Å². The summed E-state index contributed by atoms with van der Waals surface area (Å²) in [6, 6.07) is 9.48. The number of aryl methyl sites for hydroxylation is 1. The molecule has 1 atom stereocenters. The van der Waals surface area contributed by atoms with Crippen molar-refractivity contribution in [1.29, 1.82) is 10.5 Å². The average molecular weight is 590 g/mol. The highest BCUT2D eigenvalue weighted by Gasteiger charge is 2.56. The van der Waals surface area contributed by atoms with Gasteiger partial charge in [0.15, 0.2) is 5.69 Å². The van der Waals surface area contributed by atoms with Crippen LogP contribution in [0.25, 0.3) is 10.9 Å². The largest absolute Gasteiger partial charge is 0.480 e. The van der Waals surface area contributed by atoms with Gasteiger partial charge in [-0.3, -0.25) is 4.98 Å². The maximum Gasteiger partial charge on any atom is 0.263 e. The zero-order chi connectivity index (χ0) is 31.1. The minimum Gasteiger partial charge on any atom is -0.480 e. The van der Waals surface area contributed by atoms with E-state index in [1.165, 1.54) is 25.4 Å². The Balaban J connectivity index is 1.69. The van der Waals surface area contributed by atoms with Crippen LogP contribution in [0.3, 0.4) is 0 Å². The van der Waals surface area contributed by atoms with Crippen molar-refractivity contribution in [2.45, 2.75) is 58.5 Å².